The molecule has 0 heterocycles. The van der Waals surface area contributed by atoms with Crippen LogP contribution in [0.3, 0.4) is 0 Å². The lowest BCUT2D eigenvalue weighted by atomic mass is 10.1. The normalized spacial score (nSPS) is 11.9. The fourth-order valence-corrected chi connectivity index (χ4v) is 4.11. The third-order valence-electron chi connectivity index (χ3n) is 4.30. The zero-order valence-corrected chi connectivity index (χ0v) is 16.1. The highest BCUT2D eigenvalue weighted by Crippen LogP contribution is 2.27. The minimum absolute atomic E-state index is 0.234. The van der Waals surface area contributed by atoms with Gasteiger partial charge in [-0.3, -0.25) is 0 Å². The van der Waals surface area contributed by atoms with Crippen molar-refractivity contribution in [2.45, 2.75) is 24.8 Å². The molecule has 136 valence electrons. The molecule has 27 heavy (non-hydrogen) atoms. The van der Waals surface area contributed by atoms with Gasteiger partial charge in [-0.1, -0.05) is 66.2 Å². The molecule has 0 amide bonds. The first-order valence-electron chi connectivity index (χ1n) is 8.71. The Balaban J connectivity index is 2.07. The molecule has 3 rings (SSSR count). The topological polar surface area (TPSA) is 37.4 Å². The van der Waals surface area contributed by atoms with Crippen LogP contribution in [0, 0.1) is 18.9 Å². The molecule has 3 aromatic carbocycles. The summed E-state index contributed by atoms with van der Waals surface area (Å²) >= 11 is 0. The third kappa shape index (κ3) is 4.39. The molecule has 3 nitrogen and oxygen atoms in total. The van der Waals surface area contributed by atoms with Gasteiger partial charge in [0, 0.05) is 11.6 Å². The molecule has 0 fully saturated rings. The first kappa shape index (κ1) is 18.8. The Bertz CT molecular complexity index is 1050. The van der Waals surface area contributed by atoms with E-state index in [0.29, 0.717) is 0 Å². The van der Waals surface area contributed by atoms with Crippen molar-refractivity contribution in [3.8, 4) is 12.0 Å². The Morgan fingerprint density at radius 3 is 1.96 bits per heavy atom. The van der Waals surface area contributed by atoms with Crippen molar-refractivity contribution in [3.05, 3.63) is 102 Å². The second-order valence-electron chi connectivity index (χ2n) is 6.30. The quantitative estimate of drug-likeness (QED) is 0.487. The first-order chi connectivity index (χ1) is 13.0. The molecule has 1 atom stereocenters. The molecule has 0 aliphatic heterocycles. The van der Waals surface area contributed by atoms with Crippen molar-refractivity contribution in [2.75, 3.05) is 0 Å². The van der Waals surface area contributed by atoms with E-state index in [1.54, 1.807) is 24.3 Å². The molecule has 0 aliphatic rings. The largest absolute Gasteiger partial charge is 0.271 e. The number of hydrogen-bond donors (Lipinski definition) is 0. The van der Waals surface area contributed by atoms with Crippen LogP contribution < -0.4 is 0 Å². The molecule has 0 aromatic heterocycles. The summed E-state index contributed by atoms with van der Waals surface area (Å²) in [5, 5.41) is 0. The second kappa shape index (κ2) is 8.11. The van der Waals surface area contributed by atoms with E-state index in [9.17, 15) is 8.42 Å². The predicted molar refractivity (Wildman–Crippen MR) is 108 cm³/mol. The second-order valence-corrected chi connectivity index (χ2v) is 8.12. The van der Waals surface area contributed by atoms with Crippen LogP contribution in [0.5, 0.6) is 0 Å². The third-order valence-corrected chi connectivity index (χ3v) is 6.09. The van der Waals surface area contributed by atoms with Crippen molar-refractivity contribution in [3.63, 3.8) is 0 Å². The van der Waals surface area contributed by atoms with Gasteiger partial charge in [-0.15, -0.1) is 0 Å². The van der Waals surface area contributed by atoms with Gasteiger partial charge >= 0.3 is 0 Å². The fraction of sp³-hybridized carbons (Fsp3) is 0.130. The smallest absolute Gasteiger partial charge is 0.217 e. The van der Waals surface area contributed by atoms with E-state index in [4.69, 9.17) is 0 Å². The van der Waals surface area contributed by atoms with Crippen molar-refractivity contribution in [1.82, 2.24) is 4.31 Å². The molecule has 0 saturated carbocycles. The average Bonchev–Trinajstić information content (AvgIpc) is 2.69. The van der Waals surface area contributed by atoms with E-state index in [1.165, 1.54) is 4.31 Å². The summed E-state index contributed by atoms with van der Waals surface area (Å²) in [5.41, 5.74) is 2.66. The van der Waals surface area contributed by atoms with Gasteiger partial charge in [0.25, 0.3) is 10.0 Å². The van der Waals surface area contributed by atoms with Crippen LogP contribution in [0.25, 0.3) is 0 Å². The summed E-state index contributed by atoms with van der Waals surface area (Å²) in [4.78, 5) is 0.234. The summed E-state index contributed by atoms with van der Waals surface area (Å²) in [7, 11) is -3.78. The van der Waals surface area contributed by atoms with Gasteiger partial charge < -0.3 is 0 Å². The van der Waals surface area contributed by atoms with E-state index in [2.05, 4.69) is 12.0 Å². The molecular formula is C23H21NO2S. The van der Waals surface area contributed by atoms with Gasteiger partial charge in [0.05, 0.1) is 10.9 Å². The Labute approximate surface area is 161 Å². The number of sulfonamides is 1. The summed E-state index contributed by atoms with van der Waals surface area (Å²) in [5.74, 6) is 2.98. The van der Waals surface area contributed by atoms with Gasteiger partial charge in [0.1, 0.15) is 0 Å². The zero-order chi connectivity index (χ0) is 19.3. The standard InChI is InChI=1S/C23H21NO2S/c1-19-13-15-23(16-14-19)27(25,26)24(18-17-21-9-5-3-6-10-21)20(2)22-11-7-4-8-12-22/h3-16,20H,1-2H3/t20-/m0/s1. The molecule has 0 aliphatic carbocycles. The Morgan fingerprint density at radius 2 is 1.37 bits per heavy atom. The fourth-order valence-electron chi connectivity index (χ4n) is 2.70. The number of aryl methyl sites for hydroxylation is 1. The lowest BCUT2D eigenvalue weighted by Crippen LogP contribution is -2.29. The number of benzene rings is 3. The molecule has 0 radical (unpaired) electrons. The summed E-state index contributed by atoms with van der Waals surface area (Å²) in [6.45, 7) is 3.77. The molecule has 0 unspecified atom stereocenters. The lowest BCUT2D eigenvalue weighted by Gasteiger charge is -2.25. The molecule has 3 aromatic rings. The molecule has 0 bridgehead atoms. The monoisotopic (exact) mass is 375 g/mol. The maximum Gasteiger partial charge on any atom is 0.271 e. The van der Waals surface area contributed by atoms with Gasteiger partial charge in [-0.05, 0) is 49.6 Å². The van der Waals surface area contributed by atoms with Crippen LogP contribution in [-0.2, 0) is 10.0 Å². The highest BCUT2D eigenvalue weighted by Gasteiger charge is 2.27. The molecule has 0 N–H and O–H groups in total. The SMILES string of the molecule is Cc1ccc(S(=O)(=O)N(C#Cc2ccccc2)[C@@H](C)c2ccccc2)cc1. The van der Waals surface area contributed by atoms with E-state index < -0.39 is 16.1 Å². The van der Waals surface area contributed by atoms with Crippen molar-refractivity contribution in [1.29, 1.82) is 0 Å². The minimum Gasteiger partial charge on any atom is -0.217 e. The zero-order valence-electron chi connectivity index (χ0n) is 15.3. The van der Waals surface area contributed by atoms with Gasteiger partial charge in [0.2, 0.25) is 0 Å². The van der Waals surface area contributed by atoms with Crippen LogP contribution in [0.15, 0.2) is 89.8 Å². The predicted octanol–water partition coefficient (Wildman–Crippen LogP) is 4.76. The highest BCUT2D eigenvalue weighted by molar-refractivity contribution is 7.89. The Hall–Kier alpha value is -3.03. The van der Waals surface area contributed by atoms with E-state index in [-0.39, 0.29) is 4.90 Å². The summed E-state index contributed by atoms with van der Waals surface area (Å²) in [6, 6.07) is 28.2. The van der Waals surface area contributed by atoms with Gasteiger partial charge in [0.15, 0.2) is 0 Å². The minimum atomic E-state index is -3.78. The van der Waals surface area contributed by atoms with Crippen LogP contribution in [-0.4, -0.2) is 12.7 Å². The number of hydrogen-bond acceptors (Lipinski definition) is 2. The maximum atomic E-state index is 13.3. The Morgan fingerprint density at radius 1 is 0.815 bits per heavy atom. The lowest BCUT2D eigenvalue weighted by molar-refractivity contribution is 0.447. The van der Waals surface area contributed by atoms with E-state index >= 15 is 0 Å². The van der Waals surface area contributed by atoms with Gasteiger partial charge in [-0.25, -0.2) is 12.7 Å². The summed E-state index contributed by atoms with van der Waals surface area (Å²) in [6.07, 6.45) is 0. The van der Waals surface area contributed by atoms with E-state index in [0.717, 1.165) is 16.7 Å². The molecular weight excluding hydrogens is 354 g/mol. The van der Waals surface area contributed by atoms with Crippen molar-refractivity contribution >= 4 is 10.0 Å². The van der Waals surface area contributed by atoms with Crippen molar-refractivity contribution < 1.29 is 8.42 Å². The van der Waals surface area contributed by atoms with Gasteiger partial charge in [-0.2, -0.15) is 0 Å². The molecule has 0 saturated heterocycles. The van der Waals surface area contributed by atoms with Crippen LogP contribution in [0.1, 0.15) is 29.7 Å². The highest BCUT2D eigenvalue weighted by atomic mass is 32.2. The number of rotatable bonds is 4. The van der Waals surface area contributed by atoms with Crippen molar-refractivity contribution in [2.24, 2.45) is 0 Å². The van der Waals surface area contributed by atoms with Crippen LogP contribution in [0.4, 0.5) is 0 Å². The maximum absolute atomic E-state index is 13.3. The van der Waals surface area contributed by atoms with E-state index in [1.807, 2.05) is 74.5 Å². The molecule has 4 heteroatoms. The van der Waals surface area contributed by atoms with Crippen LogP contribution in [0.2, 0.25) is 0 Å². The molecule has 0 spiro atoms. The Kier molecular flexibility index (Phi) is 5.63. The summed E-state index contributed by atoms with van der Waals surface area (Å²) < 4.78 is 27.9. The van der Waals surface area contributed by atoms with Crippen LogP contribution >= 0.6 is 0 Å². The number of nitrogens with zero attached hydrogens (tertiary/aromatic N) is 1. The first-order valence-corrected chi connectivity index (χ1v) is 10.2. The average molecular weight is 375 g/mol.